The number of carbonyl (C=O) groups is 1. The minimum Gasteiger partial charge on any atom is -0.497 e. The van der Waals surface area contributed by atoms with Crippen LogP contribution < -0.4 is 4.74 Å². The van der Waals surface area contributed by atoms with Crippen LogP contribution in [-0.4, -0.2) is 53.8 Å². The molecule has 0 aliphatic carbocycles. The van der Waals surface area contributed by atoms with Crippen molar-refractivity contribution in [3.05, 3.63) is 47.5 Å². The van der Waals surface area contributed by atoms with E-state index < -0.39 is 0 Å². The lowest BCUT2D eigenvalue weighted by molar-refractivity contribution is 0.0299. The van der Waals surface area contributed by atoms with Gasteiger partial charge in [0.25, 0.3) is 5.91 Å². The Morgan fingerprint density at radius 1 is 1.32 bits per heavy atom. The largest absolute Gasteiger partial charge is 0.497 e. The first-order chi connectivity index (χ1) is 12.2. The third-order valence-corrected chi connectivity index (χ3v) is 5.08. The minimum atomic E-state index is 0.0168. The topological polar surface area (TPSA) is 56.6 Å². The number of fused-ring (bicyclic) bond motifs is 1. The average Bonchev–Trinajstić information content (AvgIpc) is 3.11. The molecule has 1 unspecified atom stereocenters. The van der Waals surface area contributed by atoms with E-state index in [9.17, 15) is 4.79 Å². The Morgan fingerprint density at radius 2 is 2.16 bits per heavy atom. The molecule has 0 saturated carbocycles. The van der Waals surface area contributed by atoms with Gasteiger partial charge in [0.05, 0.1) is 20.3 Å². The van der Waals surface area contributed by atoms with Gasteiger partial charge in [-0.1, -0.05) is 12.1 Å². The number of amides is 1. The fraction of sp³-hybridized carbons (Fsp3) is 0.474. The molecule has 25 heavy (non-hydrogen) atoms. The van der Waals surface area contributed by atoms with E-state index in [1.165, 1.54) is 5.56 Å². The van der Waals surface area contributed by atoms with Crippen molar-refractivity contribution in [3.63, 3.8) is 0 Å². The molecule has 132 valence electrons. The summed E-state index contributed by atoms with van der Waals surface area (Å²) in [5.41, 5.74) is 1.84. The number of imidazole rings is 1. The Hall–Kier alpha value is -2.34. The van der Waals surface area contributed by atoms with Gasteiger partial charge < -0.3 is 18.9 Å². The number of aryl methyl sites for hydroxylation is 1. The summed E-state index contributed by atoms with van der Waals surface area (Å²) in [6.45, 7) is 3.36. The Morgan fingerprint density at radius 3 is 2.96 bits per heavy atom. The molecular formula is C19H23N3O3. The van der Waals surface area contributed by atoms with Gasteiger partial charge in [-0.3, -0.25) is 4.79 Å². The van der Waals surface area contributed by atoms with E-state index in [4.69, 9.17) is 9.47 Å². The molecule has 1 aromatic heterocycles. The van der Waals surface area contributed by atoms with Crippen molar-refractivity contribution in [2.45, 2.75) is 25.3 Å². The highest BCUT2D eigenvalue weighted by Gasteiger charge is 2.26. The fourth-order valence-electron chi connectivity index (χ4n) is 3.64. The highest BCUT2D eigenvalue weighted by atomic mass is 16.5. The molecule has 1 saturated heterocycles. The van der Waals surface area contributed by atoms with Gasteiger partial charge in [0.15, 0.2) is 0 Å². The molecule has 2 aromatic rings. The van der Waals surface area contributed by atoms with Crippen LogP contribution in [0.1, 0.15) is 34.2 Å². The lowest BCUT2D eigenvalue weighted by atomic mass is 9.91. The van der Waals surface area contributed by atoms with E-state index in [0.717, 1.165) is 31.0 Å². The number of aromatic nitrogens is 2. The molecule has 1 aromatic carbocycles. The van der Waals surface area contributed by atoms with E-state index in [-0.39, 0.29) is 5.91 Å². The van der Waals surface area contributed by atoms with Crippen LogP contribution in [0, 0.1) is 0 Å². The molecule has 2 aliphatic rings. The molecule has 0 spiro atoms. The number of hydrogen-bond donors (Lipinski definition) is 0. The van der Waals surface area contributed by atoms with Crippen LogP contribution in [0.4, 0.5) is 0 Å². The van der Waals surface area contributed by atoms with Crippen LogP contribution in [-0.2, 0) is 17.7 Å². The standard InChI is InChI=1S/C19H23N3O3/c1-24-16-4-2-3-14(11-16)15-5-6-18-20-17(13-22(18)12-15)19(23)21-7-9-25-10-8-21/h2-4,11,13,15H,5-10,12H2,1H3. The van der Waals surface area contributed by atoms with Gasteiger partial charge in [0.1, 0.15) is 17.3 Å². The lowest BCUT2D eigenvalue weighted by Crippen LogP contribution is -2.40. The minimum absolute atomic E-state index is 0.0168. The third kappa shape index (κ3) is 3.26. The van der Waals surface area contributed by atoms with Crippen molar-refractivity contribution >= 4 is 5.91 Å². The van der Waals surface area contributed by atoms with Crippen LogP contribution in [0.2, 0.25) is 0 Å². The number of carbonyl (C=O) groups excluding carboxylic acids is 1. The first-order valence-corrected chi connectivity index (χ1v) is 8.81. The molecule has 0 bridgehead atoms. The summed E-state index contributed by atoms with van der Waals surface area (Å²) in [6.07, 6.45) is 3.84. The Labute approximate surface area is 147 Å². The number of benzene rings is 1. The zero-order valence-electron chi connectivity index (χ0n) is 14.5. The van der Waals surface area contributed by atoms with E-state index in [1.807, 2.05) is 23.2 Å². The van der Waals surface area contributed by atoms with E-state index in [1.54, 1.807) is 7.11 Å². The number of nitrogens with zero attached hydrogens (tertiary/aromatic N) is 3. The van der Waals surface area contributed by atoms with Crippen LogP contribution in [0.25, 0.3) is 0 Å². The van der Waals surface area contributed by atoms with E-state index in [2.05, 4.69) is 21.7 Å². The van der Waals surface area contributed by atoms with Crippen molar-refractivity contribution in [2.75, 3.05) is 33.4 Å². The molecular weight excluding hydrogens is 318 g/mol. The third-order valence-electron chi connectivity index (χ3n) is 5.08. The summed E-state index contributed by atoms with van der Waals surface area (Å²) in [4.78, 5) is 19.1. The van der Waals surface area contributed by atoms with Crippen molar-refractivity contribution < 1.29 is 14.3 Å². The second-order valence-electron chi connectivity index (χ2n) is 6.61. The molecule has 6 heteroatoms. The molecule has 4 rings (SSSR count). The average molecular weight is 341 g/mol. The molecule has 0 radical (unpaired) electrons. The fourth-order valence-corrected chi connectivity index (χ4v) is 3.64. The summed E-state index contributed by atoms with van der Waals surface area (Å²) >= 11 is 0. The molecule has 1 amide bonds. The molecule has 0 N–H and O–H groups in total. The van der Waals surface area contributed by atoms with E-state index in [0.29, 0.717) is 37.9 Å². The quantitative estimate of drug-likeness (QED) is 0.858. The highest BCUT2D eigenvalue weighted by molar-refractivity contribution is 5.92. The maximum absolute atomic E-state index is 12.6. The number of methoxy groups -OCH3 is 1. The predicted octanol–water partition coefficient (Wildman–Crippen LogP) is 2.09. The smallest absolute Gasteiger partial charge is 0.274 e. The number of rotatable bonds is 3. The zero-order chi connectivity index (χ0) is 17.2. The van der Waals surface area contributed by atoms with Gasteiger partial charge in [-0.05, 0) is 24.1 Å². The van der Waals surface area contributed by atoms with Gasteiger partial charge >= 0.3 is 0 Å². The predicted molar refractivity (Wildman–Crippen MR) is 93.0 cm³/mol. The first kappa shape index (κ1) is 16.1. The SMILES string of the molecule is COc1cccc(C2CCc3nc(C(=O)N4CCOCC4)cn3C2)c1. The van der Waals surface area contributed by atoms with Gasteiger partial charge in [0, 0.05) is 38.2 Å². The van der Waals surface area contributed by atoms with Gasteiger partial charge in [-0.2, -0.15) is 0 Å². The summed E-state index contributed by atoms with van der Waals surface area (Å²) in [5.74, 6) is 2.33. The van der Waals surface area contributed by atoms with Crippen molar-refractivity contribution in [1.29, 1.82) is 0 Å². The van der Waals surface area contributed by atoms with Gasteiger partial charge in [0.2, 0.25) is 0 Å². The van der Waals surface area contributed by atoms with Crippen molar-refractivity contribution in [1.82, 2.24) is 14.5 Å². The van der Waals surface area contributed by atoms with Gasteiger partial charge in [-0.25, -0.2) is 4.98 Å². The number of ether oxygens (including phenoxy) is 2. The molecule has 1 atom stereocenters. The van der Waals surface area contributed by atoms with Crippen LogP contribution in [0.5, 0.6) is 5.75 Å². The second-order valence-corrected chi connectivity index (χ2v) is 6.61. The second kappa shape index (κ2) is 6.88. The summed E-state index contributed by atoms with van der Waals surface area (Å²) < 4.78 is 12.8. The monoisotopic (exact) mass is 341 g/mol. The zero-order valence-corrected chi connectivity index (χ0v) is 14.5. The normalized spacial score (nSPS) is 20.2. The number of hydrogen-bond acceptors (Lipinski definition) is 4. The molecule has 3 heterocycles. The van der Waals surface area contributed by atoms with Crippen molar-refractivity contribution in [3.8, 4) is 5.75 Å². The Kier molecular flexibility index (Phi) is 4.44. The number of morpholine rings is 1. The van der Waals surface area contributed by atoms with Crippen LogP contribution >= 0.6 is 0 Å². The molecule has 6 nitrogen and oxygen atoms in total. The maximum atomic E-state index is 12.6. The van der Waals surface area contributed by atoms with Crippen molar-refractivity contribution in [2.24, 2.45) is 0 Å². The summed E-state index contributed by atoms with van der Waals surface area (Å²) in [7, 11) is 1.69. The van der Waals surface area contributed by atoms with Gasteiger partial charge in [-0.15, -0.1) is 0 Å². The Bertz CT molecular complexity index is 765. The van der Waals surface area contributed by atoms with E-state index >= 15 is 0 Å². The van der Waals surface area contributed by atoms with Crippen LogP contribution in [0.3, 0.4) is 0 Å². The highest BCUT2D eigenvalue weighted by Crippen LogP contribution is 2.30. The Balaban J connectivity index is 1.51. The maximum Gasteiger partial charge on any atom is 0.274 e. The molecule has 1 fully saturated rings. The summed E-state index contributed by atoms with van der Waals surface area (Å²) in [5, 5.41) is 0. The first-order valence-electron chi connectivity index (χ1n) is 8.81. The van der Waals surface area contributed by atoms with Crippen LogP contribution in [0.15, 0.2) is 30.5 Å². The molecule has 2 aliphatic heterocycles. The lowest BCUT2D eigenvalue weighted by Gasteiger charge is -2.25. The summed E-state index contributed by atoms with van der Waals surface area (Å²) in [6, 6.07) is 8.25.